The third-order valence-electron chi connectivity index (χ3n) is 1.88. The highest BCUT2D eigenvalue weighted by Gasteiger charge is 2.11. The predicted molar refractivity (Wildman–Crippen MR) is 61.2 cm³/mol. The first-order chi connectivity index (χ1) is 7.04. The van der Waals surface area contributed by atoms with Gasteiger partial charge in [0.05, 0.1) is 5.33 Å². The first-order valence-corrected chi connectivity index (χ1v) is 5.79. The van der Waals surface area contributed by atoms with Gasteiger partial charge in [0.1, 0.15) is 5.78 Å². The second kappa shape index (κ2) is 5.61. The molecule has 1 aromatic carbocycles. The fraction of sp³-hybridized carbons (Fsp3) is 0.300. The van der Waals surface area contributed by atoms with Crippen LogP contribution in [-0.4, -0.2) is 11.1 Å². The van der Waals surface area contributed by atoms with Crippen LogP contribution in [0.5, 0.6) is 0 Å². The van der Waals surface area contributed by atoms with E-state index in [9.17, 15) is 13.6 Å². The van der Waals surface area contributed by atoms with Crippen LogP contribution >= 0.6 is 28.6 Å². The summed E-state index contributed by atoms with van der Waals surface area (Å²) in [6, 6.07) is 4.34. The van der Waals surface area contributed by atoms with Crippen molar-refractivity contribution in [3.05, 3.63) is 29.3 Å². The standard InChI is InChI=1S/C10H9BrF2OS/c11-5-7(14)3-6-1-2-8(10(12)13)9(15)4-6/h1-2,4,10,15H,3,5H2. The molecule has 0 aliphatic rings. The van der Waals surface area contributed by atoms with E-state index in [4.69, 9.17) is 0 Å². The minimum atomic E-state index is -2.53. The Bertz CT molecular complexity index is 368. The first-order valence-electron chi connectivity index (χ1n) is 4.22. The number of ketones is 1. The van der Waals surface area contributed by atoms with E-state index in [-0.39, 0.29) is 28.0 Å². The molecule has 0 N–H and O–H groups in total. The van der Waals surface area contributed by atoms with Gasteiger partial charge >= 0.3 is 0 Å². The number of alkyl halides is 3. The Kier molecular flexibility index (Phi) is 4.73. The van der Waals surface area contributed by atoms with Crippen LogP contribution in [0.25, 0.3) is 0 Å². The van der Waals surface area contributed by atoms with Crippen molar-refractivity contribution < 1.29 is 13.6 Å². The Morgan fingerprint density at radius 3 is 2.60 bits per heavy atom. The van der Waals surface area contributed by atoms with Gasteiger partial charge in [0.2, 0.25) is 0 Å². The quantitative estimate of drug-likeness (QED) is 0.665. The summed E-state index contributed by atoms with van der Waals surface area (Å²) in [7, 11) is 0. The second-order valence-electron chi connectivity index (χ2n) is 3.04. The molecule has 0 spiro atoms. The third-order valence-corrected chi connectivity index (χ3v) is 2.89. The molecule has 1 aromatic rings. The topological polar surface area (TPSA) is 17.1 Å². The molecule has 1 rings (SSSR count). The van der Waals surface area contributed by atoms with E-state index in [0.29, 0.717) is 5.56 Å². The van der Waals surface area contributed by atoms with Crippen molar-refractivity contribution in [2.24, 2.45) is 0 Å². The van der Waals surface area contributed by atoms with E-state index in [1.165, 1.54) is 18.2 Å². The number of hydrogen-bond acceptors (Lipinski definition) is 2. The van der Waals surface area contributed by atoms with E-state index >= 15 is 0 Å². The Balaban J connectivity index is 2.87. The predicted octanol–water partition coefficient (Wildman–Crippen LogP) is 3.42. The van der Waals surface area contributed by atoms with E-state index in [1.807, 2.05) is 0 Å². The maximum absolute atomic E-state index is 12.4. The van der Waals surface area contributed by atoms with Crippen molar-refractivity contribution >= 4 is 34.3 Å². The van der Waals surface area contributed by atoms with Gasteiger partial charge in [-0.15, -0.1) is 12.6 Å². The van der Waals surface area contributed by atoms with Crippen LogP contribution in [0, 0.1) is 0 Å². The molecule has 0 amide bonds. The largest absolute Gasteiger partial charge is 0.298 e. The zero-order valence-electron chi connectivity index (χ0n) is 7.71. The summed E-state index contributed by atoms with van der Waals surface area (Å²) >= 11 is 7.00. The van der Waals surface area contributed by atoms with Crippen molar-refractivity contribution in [2.45, 2.75) is 17.7 Å². The molecule has 5 heteroatoms. The summed E-state index contributed by atoms with van der Waals surface area (Å²) in [5.74, 6) is 0.00697. The number of carbonyl (C=O) groups excluding carboxylic acids is 1. The molecule has 0 bridgehead atoms. The van der Waals surface area contributed by atoms with Gasteiger partial charge in [-0.05, 0) is 11.6 Å². The number of halogens is 3. The van der Waals surface area contributed by atoms with Gasteiger partial charge in [0.25, 0.3) is 6.43 Å². The third kappa shape index (κ3) is 3.57. The first kappa shape index (κ1) is 12.6. The van der Waals surface area contributed by atoms with Crippen LogP contribution < -0.4 is 0 Å². The summed E-state index contributed by atoms with van der Waals surface area (Å²) in [5, 5.41) is 0.269. The van der Waals surface area contributed by atoms with Crippen molar-refractivity contribution in [1.29, 1.82) is 0 Å². The molecular weight excluding hydrogens is 286 g/mol. The molecule has 0 atom stereocenters. The molecule has 0 heterocycles. The molecule has 1 nitrogen and oxygen atoms in total. The number of Topliss-reactive ketones (excluding diaryl/α,β-unsaturated/α-hetero) is 1. The van der Waals surface area contributed by atoms with Gasteiger partial charge in [0, 0.05) is 16.9 Å². The van der Waals surface area contributed by atoms with Crippen molar-refractivity contribution in [1.82, 2.24) is 0 Å². The van der Waals surface area contributed by atoms with E-state index in [0.717, 1.165) is 0 Å². The normalized spacial score (nSPS) is 10.7. The maximum Gasteiger partial charge on any atom is 0.264 e. The molecule has 0 saturated carbocycles. The second-order valence-corrected chi connectivity index (χ2v) is 4.09. The lowest BCUT2D eigenvalue weighted by atomic mass is 10.1. The lowest BCUT2D eigenvalue weighted by Gasteiger charge is -2.06. The Morgan fingerprint density at radius 2 is 2.13 bits per heavy atom. The van der Waals surface area contributed by atoms with Crippen LogP contribution in [0.3, 0.4) is 0 Å². The van der Waals surface area contributed by atoms with Crippen LogP contribution in [0.15, 0.2) is 23.1 Å². The Morgan fingerprint density at radius 1 is 1.47 bits per heavy atom. The molecule has 0 saturated heterocycles. The molecule has 0 unspecified atom stereocenters. The monoisotopic (exact) mass is 294 g/mol. The maximum atomic E-state index is 12.4. The van der Waals surface area contributed by atoms with Gasteiger partial charge in [0.15, 0.2) is 0 Å². The minimum Gasteiger partial charge on any atom is -0.298 e. The smallest absolute Gasteiger partial charge is 0.264 e. The lowest BCUT2D eigenvalue weighted by molar-refractivity contribution is -0.115. The van der Waals surface area contributed by atoms with Crippen LogP contribution in [0.2, 0.25) is 0 Å². The molecular formula is C10H9BrF2OS. The van der Waals surface area contributed by atoms with Crippen LogP contribution in [-0.2, 0) is 11.2 Å². The summed E-state index contributed by atoms with van der Waals surface area (Å²) in [4.78, 5) is 11.3. The number of hydrogen-bond donors (Lipinski definition) is 1. The zero-order valence-corrected chi connectivity index (χ0v) is 10.2. The van der Waals surface area contributed by atoms with E-state index in [2.05, 4.69) is 28.6 Å². The van der Waals surface area contributed by atoms with Crippen LogP contribution in [0.1, 0.15) is 17.6 Å². The van der Waals surface area contributed by atoms with Crippen LogP contribution in [0.4, 0.5) is 8.78 Å². The van der Waals surface area contributed by atoms with Gasteiger partial charge < -0.3 is 0 Å². The number of carbonyl (C=O) groups is 1. The molecule has 0 fully saturated rings. The highest BCUT2D eigenvalue weighted by Crippen LogP contribution is 2.26. The molecule has 0 aliphatic carbocycles. The summed E-state index contributed by atoms with van der Waals surface area (Å²) in [6.45, 7) is 0. The summed E-state index contributed by atoms with van der Waals surface area (Å²) in [5.41, 5.74) is 0.599. The molecule has 0 aliphatic heterocycles. The van der Waals surface area contributed by atoms with Crippen molar-refractivity contribution in [2.75, 3.05) is 5.33 Å². The summed E-state index contributed by atoms with van der Waals surface area (Å²) < 4.78 is 24.7. The van der Waals surface area contributed by atoms with Gasteiger partial charge in [-0.1, -0.05) is 28.1 Å². The molecule has 15 heavy (non-hydrogen) atoms. The number of thiol groups is 1. The van der Waals surface area contributed by atoms with Gasteiger partial charge in [-0.25, -0.2) is 8.78 Å². The number of benzene rings is 1. The van der Waals surface area contributed by atoms with Crippen molar-refractivity contribution in [3.63, 3.8) is 0 Å². The Labute approximate surface area is 100 Å². The van der Waals surface area contributed by atoms with Crippen molar-refractivity contribution in [3.8, 4) is 0 Å². The minimum absolute atomic E-state index is 0.00697. The van der Waals surface area contributed by atoms with E-state index < -0.39 is 6.43 Å². The van der Waals surface area contributed by atoms with E-state index in [1.54, 1.807) is 0 Å². The lowest BCUT2D eigenvalue weighted by Crippen LogP contribution is -2.03. The average molecular weight is 295 g/mol. The fourth-order valence-corrected chi connectivity index (χ4v) is 1.69. The zero-order chi connectivity index (χ0) is 11.4. The van der Waals surface area contributed by atoms with Gasteiger partial charge in [-0.2, -0.15) is 0 Å². The Hall–Kier alpha value is -0.420. The molecule has 82 valence electrons. The fourth-order valence-electron chi connectivity index (χ4n) is 1.16. The highest BCUT2D eigenvalue weighted by molar-refractivity contribution is 9.09. The average Bonchev–Trinajstić information content (AvgIpc) is 2.17. The SMILES string of the molecule is O=C(CBr)Cc1ccc(C(F)F)c(S)c1. The summed E-state index contributed by atoms with van der Waals surface area (Å²) in [6.07, 6.45) is -2.29. The van der Waals surface area contributed by atoms with Gasteiger partial charge in [-0.3, -0.25) is 4.79 Å². The highest BCUT2D eigenvalue weighted by atomic mass is 79.9. The molecule has 0 radical (unpaired) electrons. The molecule has 0 aromatic heterocycles. The number of rotatable bonds is 4.